The second kappa shape index (κ2) is 3.94. The van der Waals surface area contributed by atoms with E-state index in [9.17, 15) is 18.0 Å². The summed E-state index contributed by atoms with van der Waals surface area (Å²) in [4.78, 5) is 10.6. The topological polar surface area (TPSA) is 49.3 Å². The lowest BCUT2D eigenvalue weighted by Crippen LogP contribution is -2.14. The Balaban J connectivity index is 2.15. The maximum Gasteiger partial charge on any atom is 0.418 e. The third-order valence-corrected chi connectivity index (χ3v) is 2.68. The van der Waals surface area contributed by atoms with Crippen LogP contribution in [-0.2, 0) is 11.0 Å². The fourth-order valence-corrected chi connectivity index (χ4v) is 1.68. The van der Waals surface area contributed by atoms with Gasteiger partial charge >= 0.3 is 12.1 Å². The van der Waals surface area contributed by atoms with Crippen molar-refractivity contribution in [3.05, 3.63) is 29.8 Å². The van der Waals surface area contributed by atoms with Gasteiger partial charge in [0.25, 0.3) is 0 Å². The first kappa shape index (κ1) is 11.8. The maximum absolute atomic E-state index is 12.6. The van der Waals surface area contributed by atoms with Crippen molar-refractivity contribution in [1.29, 1.82) is 0 Å². The molecule has 6 heteroatoms. The molecule has 1 aliphatic carbocycles. The van der Waals surface area contributed by atoms with Crippen molar-refractivity contribution in [3.8, 4) is 0 Å². The average Bonchev–Trinajstić information content (AvgIpc) is 2.96. The smallest absolute Gasteiger partial charge is 0.418 e. The second-order valence-corrected chi connectivity index (χ2v) is 3.97. The number of aliphatic carboxylic acids is 1. The minimum Gasteiger partial charge on any atom is -0.481 e. The summed E-state index contributed by atoms with van der Waals surface area (Å²) in [6.45, 7) is 0. The summed E-state index contributed by atoms with van der Waals surface area (Å²) >= 11 is 0. The standard InChI is InChI=1S/C11H10F3NO2/c12-11(13,14)7-3-1-2-4-8(7)15-9-5-6(9)10(16)17/h1-4,6,9,15H,5H2,(H,16,17). The van der Waals surface area contributed by atoms with Gasteiger partial charge in [-0.2, -0.15) is 13.2 Å². The molecule has 1 saturated carbocycles. The van der Waals surface area contributed by atoms with Gasteiger partial charge in [0, 0.05) is 11.7 Å². The van der Waals surface area contributed by atoms with Crippen LogP contribution in [0.15, 0.2) is 24.3 Å². The lowest BCUT2D eigenvalue weighted by atomic mass is 10.1. The number of para-hydroxylation sites is 1. The Kier molecular flexibility index (Phi) is 2.73. The zero-order valence-electron chi connectivity index (χ0n) is 8.66. The molecule has 0 spiro atoms. The van der Waals surface area contributed by atoms with Gasteiger partial charge < -0.3 is 10.4 Å². The number of carbonyl (C=O) groups is 1. The SMILES string of the molecule is O=C(O)C1CC1Nc1ccccc1C(F)(F)F. The zero-order chi connectivity index (χ0) is 12.6. The minimum absolute atomic E-state index is 0.0613. The molecule has 2 unspecified atom stereocenters. The van der Waals surface area contributed by atoms with E-state index in [4.69, 9.17) is 5.11 Å². The molecule has 2 rings (SSSR count). The van der Waals surface area contributed by atoms with E-state index in [2.05, 4.69) is 5.32 Å². The maximum atomic E-state index is 12.6. The van der Waals surface area contributed by atoms with Crippen LogP contribution in [0.1, 0.15) is 12.0 Å². The van der Waals surface area contributed by atoms with Crippen molar-refractivity contribution < 1.29 is 23.1 Å². The number of halogens is 3. The van der Waals surface area contributed by atoms with Gasteiger partial charge in [0.2, 0.25) is 0 Å². The largest absolute Gasteiger partial charge is 0.481 e. The van der Waals surface area contributed by atoms with Crippen molar-refractivity contribution in [2.75, 3.05) is 5.32 Å². The Bertz CT molecular complexity index is 445. The van der Waals surface area contributed by atoms with Crippen LogP contribution in [0.5, 0.6) is 0 Å². The summed E-state index contributed by atoms with van der Waals surface area (Å²) in [6.07, 6.45) is -4.07. The highest BCUT2D eigenvalue weighted by atomic mass is 19.4. The van der Waals surface area contributed by atoms with Crippen LogP contribution in [-0.4, -0.2) is 17.1 Å². The number of benzene rings is 1. The molecule has 0 bridgehead atoms. The molecule has 0 aromatic heterocycles. The quantitative estimate of drug-likeness (QED) is 0.860. The van der Waals surface area contributed by atoms with Gasteiger partial charge in [0.15, 0.2) is 0 Å². The van der Waals surface area contributed by atoms with Crippen molar-refractivity contribution in [2.45, 2.75) is 18.6 Å². The molecule has 1 aliphatic rings. The summed E-state index contributed by atoms with van der Waals surface area (Å²) in [5.74, 6) is -1.57. The predicted octanol–water partition coefficient (Wildman–Crippen LogP) is 2.59. The fourth-order valence-electron chi connectivity index (χ4n) is 1.68. The first-order valence-electron chi connectivity index (χ1n) is 5.05. The van der Waals surface area contributed by atoms with E-state index >= 15 is 0 Å². The molecule has 0 aliphatic heterocycles. The average molecular weight is 245 g/mol. The number of alkyl halides is 3. The summed E-state index contributed by atoms with van der Waals surface area (Å²) in [5, 5.41) is 11.3. The van der Waals surface area contributed by atoms with Crippen molar-refractivity contribution in [2.24, 2.45) is 5.92 Å². The fraction of sp³-hybridized carbons (Fsp3) is 0.364. The zero-order valence-corrected chi connectivity index (χ0v) is 8.66. The molecule has 0 radical (unpaired) electrons. The Morgan fingerprint density at radius 1 is 1.35 bits per heavy atom. The van der Waals surface area contributed by atoms with Crippen LogP contribution >= 0.6 is 0 Å². The van der Waals surface area contributed by atoms with Gasteiger partial charge in [-0.05, 0) is 18.6 Å². The second-order valence-electron chi connectivity index (χ2n) is 3.97. The van der Waals surface area contributed by atoms with Gasteiger partial charge in [-0.3, -0.25) is 4.79 Å². The van der Waals surface area contributed by atoms with Gasteiger partial charge in [-0.1, -0.05) is 12.1 Å². The van der Waals surface area contributed by atoms with E-state index in [1.165, 1.54) is 18.2 Å². The van der Waals surface area contributed by atoms with Crippen LogP contribution < -0.4 is 5.32 Å². The molecule has 0 saturated heterocycles. The number of nitrogens with one attached hydrogen (secondary N) is 1. The van der Waals surface area contributed by atoms with Crippen molar-refractivity contribution >= 4 is 11.7 Å². The minimum atomic E-state index is -4.43. The van der Waals surface area contributed by atoms with E-state index in [-0.39, 0.29) is 5.69 Å². The molecule has 2 atom stereocenters. The Labute approximate surface area is 95.3 Å². The summed E-state index contributed by atoms with van der Waals surface area (Å²) in [7, 11) is 0. The summed E-state index contributed by atoms with van der Waals surface area (Å²) in [6, 6.07) is 4.65. The number of hydrogen-bond acceptors (Lipinski definition) is 2. The lowest BCUT2D eigenvalue weighted by molar-refractivity contribution is -0.138. The van der Waals surface area contributed by atoms with E-state index in [1.807, 2.05) is 0 Å². The molecular weight excluding hydrogens is 235 g/mol. The molecule has 92 valence electrons. The number of carboxylic acid groups (broad SMARTS) is 1. The van der Waals surface area contributed by atoms with Gasteiger partial charge in [-0.25, -0.2) is 0 Å². The Morgan fingerprint density at radius 3 is 2.53 bits per heavy atom. The highest BCUT2D eigenvalue weighted by molar-refractivity contribution is 5.76. The summed E-state index contributed by atoms with van der Waals surface area (Å²) < 4.78 is 37.9. The van der Waals surface area contributed by atoms with Crippen LogP contribution in [0.3, 0.4) is 0 Å². The molecule has 3 nitrogen and oxygen atoms in total. The third kappa shape index (κ3) is 2.51. The number of hydrogen-bond donors (Lipinski definition) is 2. The number of anilines is 1. The summed E-state index contributed by atoms with van der Waals surface area (Å²) in [5.41, 5.74) is -0.829. The van der Waals surface area contributed by atoms with Crippen molar-refractivity contribution in [3.63, 3.8) is 0 Å². The van der Waals surface area contributed by atoms with Crippen LogP contribution in [0.4, 0.5) is 18.9 Å². The molecular formula is C11H10F3NO2. The normalized spacial score (nSPS) is 23.2. The van der Waals surface area contributed by atoms with E-state index < -0.39 is 29.7 Å². The van der Waals surface area contributed by atoms with Crippen LogP contribution in [0.2, 0.25) is 0 Å². The van der Waals surface area contributed by atoms with Gasteiger partial charge in [0.05, 0.1) is 11.5 Å². The van der Waals surface area contributed by atoms with E-state index in [0.29, 0.717) is 6.42 Å². The monoisotopic (exact) mass is 245 g/mol. The van der Waals surface area contributed by atoms with Crippen LogP contribution in [0, 0.1) is 5.92 Å². The van der Waals surface area contributed by atoms with Gasteiger partial charge in [0.1, 0.15) is 0 Å². The first-order valence-corrected chi connectivity index (χ1v) is 5.05. The highest BCUT2D eigenvalue weighted by Gasteiger charge is 2.44. The molecule has 2 N–H and O–H groups in total. The van der Waals surface area contributed by atoms with Gasteiger partial charge in [-0.15, -0.1) is 0 Å². The molecule has 1 fully saturated rings. The number of carboxylic acids is 1. The molecule has 0 heterocycles. The van der Waals surface area contributed by atoms with E-state index in [1.54, 1.807) is 0 Å². The molecule has 1 aromatic rings. The Morgan fingerprint density at radius 2 is 2.00 bits per heavy atom. The first-order chi connectivity index (χ1) is 7.89. The van der Waals surface area contributed by atoms with Crippen LogP contribution in [0.25, 0.3) is 0 Å². The molecule has 17 heavy (non-hydrogen) atoms. The van der Waals surface area contributed by atoms with Crippen molar-refractivity contribution in [1.82, 2.24) is 0 Å². The molecule has 0 amide bonds. The Hall–Kier alpha value is -1.72. The lowest BCUT2D eigenvalue weighted by Gasteiger charge is -2.13. The molecule has 1 aromatic carbocycles. The number of rotatable bonds is 3. The predicted molar refractivity (Wildman–Crippen MR) is 54.6 cm³/mol. The van der Waals surface area contributed by atoms with E-state index in [0.717, 1.165) is 6.07 Å². The highest BCUT2D eigenvalue weighted by Crippen LogP contribution is 2.39. The third-order valence-electron chi connectivity index (χ3n) is 2.68.